The van der Waals surface area contributed by atoms with Crippen LogP contribution in [-0.4, -0.2) is 4.57 Å². The average molecular weight is 406 g/mol. The summed E-state index contributed by atoms with van der Waals surface area (Å²) in [6.45, 7) is 0. The SMILES string of the molecule is Clc1ccc(-c2ccc3c4ccccc4n(C4=Cc5ccccc5CC4)c3c2)cc1. The van der Waals surface area contributed by atoms with Crippen LogP contribution in [0.4, 0.5) is 0 Å². The molecule has 6 rings (SSSR count). The molecule has 5 aromatic rings. The maximum absolute atomic E-state index is 6.10. The molecule has 0 atom stereocenters. The molecule has 1 heterocycles. The Kier molecular flexibility index (Phi) is 4.04. The molecule has 0 aliphatic heterocycles. The summed E-state index contributed by atoms with van der Waals surface area (Å²) in [6, 6.07) is 32.3. The molecule has 1 aromatic heterocycles. The highest BCUT2D eigenvalue weighted by Crippen LogP contribution is 2.37. The molecule has 0 unspecified atom stereocenters. The van der Waals surface area contributed by atoms with Gasteiger partial charge in [-0.05, 0) is 65.4 Å². The topological polar surface area (TPSA) is 4.93 Å². The van der Waals surface area contributed by atoms with Crippen molar-refractivity contribution in [2.24, 2.45) is 0 Å². The van der Waals surface area contributed by atoms with Crippen LogP contribution in [0.1, 0.15) is 17.5 Å². The fraction of sp³-hybridized carbons (Fsp3) is 0.0714. The smallest absolute Gasteiger partial charge is 0.0544 e. The zero-order valence-corrected chi connectivity index (χ0v) is 17.2. The fourth-order valence-corrected chi connectivity index (χ4v) is 4.82. The third-order valence-electron chi connectivity index (χ3n) is 6.17. The Morgan fingerprint density at radius 1 is 0.633 bits per heavy atom. The minimum absolute atomic E-state index is 0.764. The Morgan fingerprint density at radius 3 is 2.27 bits per heavy atom. The predicted molar refractivity (Wildman–Crippen MR) is 129 cm³/mol. The molecule has 1 aliphatic rings. The summed E-state index contributed by atoms with van der Waals surface area (Å²) in [5, 5.41) is 3.36. The second-order valence-corrected chi connectivity index (χ2v) is 8.36. The number of aryl methyl sites for hydroxylation is 1. The molecule has 30 heavy (non-hydrogen) atoms. The fourth-order valence-electron chi connectivity index (χ4n) is 4.70. The van der Waals surface area contributed by atoms with E-state index >= 15 is 0 Å². The molecule has 0 saturated heterocycles. The number of fused-ring (bicyclic) bond motifs is 4. The van der Waals surface area contributed by atoms with Gasteiger partial charge in [-0.25, -0.2) is 0 Å². The first kappa shape index (κ1) is 17.6. The summed E-state index contributed by atoms with van der Waals surface area (Å²) in [6.07, 6.45) is 4.47. The number of aromatic nitrogens is 1. The Bertz CT molecular complexity index is 1440. The lowest BCUT2D eigenvalue weighted by Crippen LogP contribution is -2.04. The van der Waals surface area contributed by atoms with Gasteiger partial charge in [-0.3, -0.25) is 0 Å². The van der Waals surface area contributed by atoms with Gasteiger partial charge in [0.05, 0.1) is 11.0 Å². The third kappa shape index (κ3) is 2.78. The summed E-state index contributed by atoms with van der Waals surface area (Å²) < 4.78 is 2.46. The Morgan fingerprint density at radius 2 is 1.37 bits per heavy atom. The number of rotatable bonds is 2. The van der Waals surface area contributed by atoms with Crippen molar-refractivity contribution in [3.05, 3.63) is 107 Å². The van der Waals surface area contributed by atoms with E-state index in [9.17, 15) is 0 Å². The number of hydrogen-bond donors (Lipinski definition) is 0. The third-order valence-corrected chi connectivity index (χ3v) is 6.42. The maximum atomic E-state index is 6.10. The number of nitrogens with zero attached hydrogens (tertiary/aromatic N) is 1. The molecule has 0 amide bonds. The van der Waals surface area contributed by atoms with E-state index in [1.54, 1.807) is 0 Å². The van der Waals surface area contributed by atoms with E-state index in [0.29, 0.717) is 0 Å². The highest BCUT2D eigenvalue weighted by molar-refractivity contribution is 6.30. The molecule has 0 spiro atoms. The molecule has 0 N–H and O–H groups in total. The number of para-hydroxylation sites is 1. The van der Waals surface area contributed by atoms with Crippen LogP contribution in [0.25, 0.3) is 44.7 Å². The lowest BCUT2D eigenvalue weighted by Gasteiger charge is -2.19. The van der Waals surface area contributed by atoms with E-state index in [2.05, 4.69) is 89.5 Å². The van der Waals surface area contributed by atoms with Crippen LogP contribution >= 0.6 is 11.6 Å². The Hall–Kier alpha value is -3.29. The van der Waals surface area contributed by atoms with E-state index in [4.69, 9.17) is 11.6 Å². The van der Waals surface area contributed by atoms with Crippen LogP contribution in [0.2, 0.25) is 5.02 Å². The van der Waals surface area contributed by atoms with Gasteiger partial charge >= 0.3 is 0 Å². The lowest BCUT2D eigenvalue weighted by molar-refractivity contribution is 0.947. The van der Waals surface area contributed by atoms with Crippen LogP contribution in [0.15, 0.2) is 91.0 Å². The summed E-state index contributed by atoms with van der Waals surface area (Å²) in [4.78, 5) is 0. The van der Waals surface area contributed by atoms with E-state index in [1.807, 2.05) is 12.1 Å². The first-order valence-corrected chi connectivity index (χ1v) is 10.7. The van der Waals surface area contributed by atoms with Gasteiger partial charge in [0.2, 0.25) is 0 Å². The van der Waals surface area contributed by atoms with E-state index in [0.717, 1.165) is 17.9 Å². The van der Waals surface area contributed by atoms with Crippen LogP contribution in [0.5, 0.6) is 0 Å². The highest BCUT2D eigenvalue weighted by atomic mass is 35.5. The van der Waals surface area contributed by atoms with Crippen LogP contribution in [-0.2, 0) is 6.42 Å². The van der Waals surface area contributed by atoms with Crippen molar-refractivity contribution in [3.63, 3.8) is 0 Å². The normalized spacial score (nSPS) is 13.4. The second-order valence-electron chi connectivity index (χ2n) is 7.93. The molecule has 4 aromatic carbocycles. The van der Waals surface area contributed by atoms with Gasteiger partial charge in [0, 0.05) is 21.5 Å². The summed E-state index contributed by atoms with van der Waals surface area (Å²) >= 11 is 6.10. The van der Waals surface area contributed by atoms with Crippen LogP contribution in [0.3, 0.4) is 0 Å². The zero-order valence-electron chi connectivity index (χ0n) is 16.5. The molecular formula is C28H20ClN. The van der Waals surface area contributed by atoms with Crippen molar-refractivity contribution in [1.82, 2.24) is 4.57 Å². The number of halogens is 1. The van der Waals surface area contributed by atoms with Gasteiger partial charge in [0.25, 0.3) is 0 Å². The van der Waals surface area contributed by atoms with Crippen LogP contribution in [0, 0.1) is 0 Å². The molecule has 0 bridgehead atoms. The highest BCUT2D eigenvalue weighted by Gasteiger charge is 2.17. The largest absolute Gasteiger partial charge is 0.313 e. The van der Waals surface area contributed by atoms with Crippen molar-refractivity contribution in [3.8, 4) is 11.1 Å². The lowest BCUT2D eigenvalue weighted by atomic mass is 9.95. The molecular weight excluding hydrogens is 386 g/mol. The predicted octanol–water partition coefficient (Wildman–Crippen LogP) is 8.06. The second kappa shape index (κ2) is 6.90. The Labute approximate surface area is 180 Å². The standard InChI is InChI=1S/C28H20ClN/c29-23-13-9-20(10-14-23)22-12-16-26-25-7-3-4-8-27(25)30(28(26)18-22)24-15-11-19-5-1-2-6-21(19)17-24/h1-10,12-14,16-18H,11,15H2. The van der Waals surface area contributed by atoms with Crippen molar-refractivity contribution in [2.75, 3.05) is 0 Å². The van der Waals surface area contributed by atoms with Gasteiger partial charge in [-0.1, -0.05) is 78.3 Å². The van der Waals surface area contributed by atoms with Crippen molar-refractivity contribution >= 4 is 45.2 Å². The first-order chi connectivity index (χ1) is 14.8. The van der Waals surface area contributed by atoms with Gasteiger partial charge < -0.3 is 4.57 Å². The summed E-state index contributed by atoms with van der Waals surface area (Å²) in [5.74, 6) is 0. The van der Waals surface area contributed by atoms with E-state index in [-0.39, 0.29) is 0 Å². The number of allylic oxidation sites excluding steroid dienone is 1. The monoisotopic (exact) mass is 405 g/mol. The maximum Gasteiger partial charge on any atom is 0.0544 e. The average Bonchev–Trinajstić information content (AvgIpc) is 3.13. The molecule has 0 saturated carbocycles. The minimum atomic E-state index is 0.764. The molecule has 0 fully saturated rings. The summed E-state index contributed by atoms with van der Waals surface area (Å²) in [5.41, 5.74) is 9.04. The molecule has 144 valence electrons. The minimum Gasteiger partial charge on any atom is -0.313 e. The molecule has 2 heteroatoms. The van der Waals surface area contributed by atoms with Gasteiger partial charge in [-0.15, -0.1) is 0 Å². The molecule has 0 radical (unpaired) electrons. The van der Waals surface area contributed by atoms with E-state index < -0.39 is 0 Å². The molecule has 1 nitrogen and oxygen atoms in total. The quantitative estimate of drug-likeness (QED) is 0.280. The van der Waals surface area contributed by atoms with Crippen molar-refractivity contribution in [1.29, 1.82) is 0 Å². The van der Waals surface area contributed by atoms with E-state index in [1.165, 1.54) is 49.8 Å². The van der Waals surface area contributed by atoms with Gasteiger partial charge in [0.15, 0.2) is 0 Å². The van der Waals surface area contributed by atoms with Crippen molar-refractivity contribution < 1.29 is 0 Å². The van der Waals surface area contributed by atoms with Crippen molar-refractivity contribution in [2.45, 2.75) is 12.8 Å². The van der Waals surface area contributed by atoms with Crippen LogP contribution < -0.4 is 0 Å². The van der Waals surface area contributed by atoms with Gasteiger partial charge in [-0.2, -0.15) is 0 Å². The number of benzene rings is 4. The zero-order chi connectivity index (χ0) is 20.1. The summed E-state index contributed by atoms with van der Waals surface area (Å²) in [7, 11) is 0. The number of hydrogen-bond acceptors (Lipinski definition) is 0. The molecule has 1 aliphatic carbocycles. The Balaban J connectivity index is 1.62. The van der Waals surface area contributed by atoms with Gasteiger partial charge in [0.1, 0.15) is 0 Å². The first-order valence-electron chi connectivity index (χ1n) is 10.4.